The van der Waals surface area contributed by atoms with Crippen LogP contribution < -0.4 is 26.6 Å². The van der Waals surface area contributed by atoms with E-state index in [9.17, 15) is 28.8 Å². The minimum atomic E-state index is -1.26. The van der Waals surface area contributed by atoms with Crippen LogP contribution in [0.4, 0.5) is 19.2 Å². The Morgan fingerprint density at radius 3 is 1.39 bits per heavy atom. The molecule has 1 unspecified atom stereocenters. The predicted octanol–water partition coefficient (Wildman–Crippen LogP) is 8.66. The third-order valence-corrected chi connectivity index (χ3v) is 10.9. The number of rotatable bonds is 29. The van der Waals surface area contributed by atoms with Crippen LogP contribution in [-0.2, 0) is 66.3 Å². The first-order chi connectivity index (χ1) is 36.2. The normalized spacial score (nSPS) is 10.9. The highest BCUT2D eigenvalue weighted by molar-refractivity contribution is 6.01. The van der Waals surface area contributed by atoms with Gasteiger partial charge in [0.2, 0.25) is 18.1 Å². The number of carbonyl (C=O) groups is 6. The highest BCUT2D eigenvalue weighted by Crippen LogP contribution is 2.10. The van der Waals surface area contributed by atoms with Crippen molar-refractivity contribution in [2.75, 3.05) is 32.7 Å². The second-order valence-electron chi connectivity index (χ2n) is 16.9. The Balaban J connectivity index is 1.04. The maximum absolute atomic E-state index is 13.5. The van der Waals surface area contributed by atoms with E-state index in [0.29, 0.717) is 58.0 Å². The van der Waals surface area contributed by atoms with Crippen molar-refractivity contribution in [3.05, 3.63) is 179 Å². The Morgan fingerprint density at radius 2 is 0.878 bits per heavy atom. The van der Waals surface area contributed by atoms with Crippen LogP contribution in [0.3, 0.4) is 0 Å². The summed E-state index contributed by atoms with van der Waals surface area (Å²) in [5.41, 5.74) is 4.11. The van der Waals surface area contributed by atoms with E-state index in [1.165, 1.54) is 0 Å². The predicted molar refractivity (Wildman–Crippen MR) is 278 cm³/mol. The quantitative estimate of drug-likeness (QED) is 0.0100. The number of benzene rings is 5. The van der Waals surface area contributed by atoms with E-state index in [0.717, 1.165) is 27.8 Å². The van der Waals surface area contributed by atoms with Crippen molar-refractivity contribution in [2.45, 2.75) is 90.6 Å². The zero-order valence-electron chi connectivity index (χ0n) is 41.6. The lowest BCUT2D eigenvalue weighted by Gasteiger charge is -2.23. The van der Waals surface area contributed by atoms with Gasteiger partial charge in [0, 0.05) is 39.1 Å². The van der Waals surface area contributed by atoms with Gasteiger partial charge >= 0.3 is 24.4 Å². The molecule has 0 radical (unpaired) electrons. The van der Waals surface area contributed by atoms with Crippen molar-refractivity contribution in [3.8, 4) is 0 Å². The van der Waals surface area contributed by atoms with E-state index in [-0.39, 0.29) is 71.0 Å². The van der Waals surface area contributed by atoms with Crippen molar-refractivity contribution in [1.82, 2.24) is 31.5 Å². The lowest BCUT2D eigenvalue weighted by molar-refractivity contribution is -0.142. The fraction of sp³-hybridized carbons (Fsp3) is 0.339. The molecule has 74 heavy (non-hydrogen) atoms. The molecule has 0 fully saturated rings. The first-order valence-corrected chi connectivity index (χ1v) is 24.8. The molecular formula is C56H67N7O11. The van der Waals surface area contributed by atoms with E-state index in [4.69, 9.17) is 23.7 Å². The highest BCUT2D eigenvalue weighted by Gasteiger charge is 2.22. The van der Waals surface area contributed by atoms with Gasteiger partial charge in [-0.3, -0.25) is 25.2 Å². The molecule has 0 saturated heterocycles. The van der Waals surface area contributed by atoms with Crippen LogP contribution in [0.5, 0.6) is 0 Å². The Labute approximate surface area is 432 Å². The summed E-state index contributed by atoms with van der Waals surface area (Å²) in [6.45, 7) is 1.79. The number of ether oxygens (including phenoxy) is 5. The monoisotopic (exact) mass is 1010 g/mol. The number of guanidine groups is 1. The molecule has 0 aliphatic carbocycles. The molecule has 392 valence electrons. The Hall–Kier alpha value is -8.25. The molecule has 18 nitrogen and oxygen atoms in total. The first-order valence-electron chi connectivity index (χ1n) is 24.8. The average Bonchev–Trinajstić information content (AvgIpc) is 3.43. The van der Waals surface area contributed by atoms with Gasteiger partial charge in [-0.25, -0.2) is 19.2 Å². The second-order valence-corrected chi connectivity index (χ2v) is 16.9. The molecule has 0 heterocycles. The number of nitrogens with zero attached hydrogens (tertiary/aromatic N) is 2. The van der Waals surface area contributed by atoms with Gasteiger partial charge in [-0.1, -0.05) is 165 Å². The van der Waals surface area contributed by atoms with Crippen LogP contribution in [0.15, 0.2) is 157 Å². The summed E-state index contributed by atoms with van der Waals surface area (Å²) < 4.78 is 27.4. The Bertz CT molecular complexity index is 2390. The lowest BCUT2D eigenvalue weighted by Crippen LogP contribution is -2.48. The van der Waals surface area contributed by atoms with Gasteiger partial charge in [0.25, 0.3) is 5.91 Å². The number of nitrogens with one attached hydrogen (secondary N) is 5. The SMILES string of the molecule is O=C(CCCCCCN=C(NC(=O)OCc1ccccc1)NC(=O)OCc1ccccc1)NC(OCc1ccccc1)C(=O)NCCCCN(CCCNC(=O)OCc1ccccc1)C(=O)OCc1ccccc1. The molecule has 1 atom stereocenters. The Kier molecular flexibility index (Phi) is 26.2. The second kappa shape index (κ2) is 34.2. The summed E-state index contributed by atoms with van der Waals surface area (Å²) in [6.07, 6.45) is 0.129. The van der Waals surface area contributed by atoms with Crippen molar-refractivity contribution in [2.24, 2.45) is 4.99 Å². The van der Waals surface area contributed by atoms with Crippen LogP contribution >= 0.6 is 0 Å². The van der Waals surface area contributed by atoms with Crippen molar-refractivity contribution in [3.63, 3.8) is 0 Å². The fourth-order valence-corrected chi connectivity index (χ4v) is 6.99. The summed E-state index contributed by atoms with van der Waals surface area (Å²) in [7, 11) is 0. The van der Waals surface area contributed by atoms with E-state index < -0.39 is 36.5 Å². The molecule has 5 N–H and O–H groups in total. The van der Waals surface area contributed by atoms with E-state index >= 15 is 0 Å². The van der Waals surface area contributed by atoms with Crippen molar-refractivity contribution >= 4 is 42.1 Å². The van der Waals surface area contributed by atoms with Gasteiger partial charge in [0.05, 0.1) is 6.61 Å². The van der Waals surface area contributed by atoms with Crippen molar-refractivity contribution < 1.29 is 52.5 Å². The third-order valence-electron chi connectivity index (χ3n) is 10.9. The van der Waals surface area contributed by atoms with Crippen LogP contribution in [0, 0.1) is 0 Å². The van der Waals surface area contributed by atoms with Gasteiger partial charge in [0.1, 0.15) is 26.4 Å². The third kappa shape index (κ3) is 24.2. The average molecular weight is 1010 g/mol. The summed E-state index contributed by atoms with van der Waals surface area (Å²) in [4.78, 5) is 83.3. The topological polar surface area (TPSA) is 224 Å². The number of amides is 6. The van der Waals surface area contributed by atoms with Gasteiger partial charge in [-0.15, -0.1) is 0 Å². The first kappa shape index (κ1) is 56.7. The molecule has 5 aromatic carbocycles. The molecule has 0 saturated carbocycles. The van der Waals surface area contributed by atoms with Gasteiger partial charge in [0.15, 0.2) is 0 Å². The number of alkyl carbamates (subject to hydrolysis) is 3. The summed E-state index contributed by atoms with van der Waals surface area (Å²) in [5.74, 6) is -0.997. The zero-order chi connectivity index (χ0) is 52.3. The number of aliphatic imine (C=N–C) groups is 1. The summed E-state index contributed by atoms with van der Waals surface area (Å²) in [5, 5.41) is 13.3. The molecule has 5 aromatic rings. The molecule has 18 heteroatoms. The number of unbranched alkanes of at least 4 members (excludes halogenated alkanes) is 4. The molecular weight excluding hydrogens is 947 g/mol. The van der Waals surface area contributed by atoms with E-state index in [1.807, 2.05) is 152 Å². The van der Waals surface area contributed by atoms with Crippen LogP contribution in [0.25, 0.3) is 0 Å². The molecule has 0 spiro atoms. The van der Waals surface area contributed by atoms with Crippen LogP contribution in [0.2, 0.25) is 0 Å². The summed E-state index contributed by atoms with van der Waals surface area (Å²) in [6, 6.07) is 46.3. The smallest absolute Gasteiger partial charge is 0.414 e. The molecule has 0 aliphatic rings. The molecule has 0 aliphatic heterocycles. The molecule has 6 amide bonds. The number of hydrogen-bond donors (Lipinski definition) is 5. The van der Waals surface area contributed by atoms with Crippen LogP contribution in [-0.4, -0.2) is 86.0 Å². The molecule has 0 bridgehead atoms. The lowest BCUT2D eigenvalue weighted by atomic mass is 10.1. The number of carbonyl (C=O) groups excluding carboxylic acids is 6. The minimum absolute atomic E-state index is 0.0203. The van der Waals surface area contributed by atoms with Gasteiger partial charge in [-0.2, -0.15) is 0 Å². The van der Waals surface area contributed by atoms with E-state index in [2.05, 4.69) is 31.6 Å². The van der Waals surface area contributed by atoms with Gasteiger partial charge in [-0.05, 0) is 59.9 Å². The maximum Gasteiger partial charge on any atom is 0.414 e. The Morgan fingerprint density at radius 1 is 0.446 bits per heavy atom. The minimum Gasteiger partial charge on any atom is -0.445 e. The number of hydrogen-bond acceptors (Lipinski definition) is 12. The largest absolute Gasteiger partial charge is 0.445 e. The fourth-order valence-electron chi connectivity index (χ4n) is 6.99. The van der Waals surface area contributed by atoms with E-state index in [1.54, 1.807) is 4.90 Å². The molecule has 5 rings (SSSR count). The molecule has 0 aromatic heterocycles. The maximum atomic E-state index is 13.5. The zero-order valence-corrected chi connectivity index (χ0v) is 41.6. The van der Waals surface area contributed by atoms with Gasteiger partial charge < -0.3 is 44.5 Å². The summed E-state index contributed by atoms with van der Waals surface area (Å²) >= 11 is 0. The van der Waals surface area contributed by atoms with Crippen LogP contribution in [0.1, 0.15) is 79.2 Å². The van der Waals surface area contributed by atoms with Crippen molar-refractivity contribution in [1.29, 1.82) is 0 Å². The highest BCUT2D eigenvalue weighted by atomic mass is 16.6. The standard InChI is InChI=1S/C56H67N7O11/c64-49(33-18-1-2-19-35-58-52(61-54(67)72-41-46-27-12-5-13-28-46)62-55(68)73-42-47-29-14-6-15-30-47)60-51(70-39-44-23-8-3-9-24-44)50(65)57-34-20-21-37-63(56(69)74-43-48-31-16-7-17-32-48)38-22-36-59-53(66)71-40-45-25-10-4-11-26-45/h3-17,23-32,51H,1-2,18-22,33-43H2,(H,57,65)(H,59,66)(H,60,64)(H2,58,61,62,67,68).